The summed E-state index contributed by atoms with van der Waals surface area (Å²) in [6.07, 6.45) is 6.40. The molecule has 13 heavy (non-hydrogen) atoms. The first-order valence-electron chi connectivity index (χ1n) is 4.71. The Labute approximate surface area is 84.0 Å². The molecular weight excluding hydrogens is 178 g/mol. The van der Waals surface area contributed by atoms with E-state index in [2.05, 4.69) is 41.9 Å². The molecule has 0 amide bonds. The van der Waals surface area contributed by atoms with Gasteiger partial charge in [0.05, 0.1) is 0 Å². The standard InChI is InChI=1S/C11H15NS/c1-3-4-5-9-8(2)10-6-12-7-11(9)13-10/h3-5,10-12H,2,6-7H2,1H3/b4-3-,9-5+. The summed E-state index contributed by atoms with van der Waals surface area (Å²) in [5.74, 6) is 0. The van der Waals surface area contributed by atoms with Crippen molar-refractivity contribution in [2.24, 2.45) is 0 Å². The summed E-state index contributed by atoms with van der Waals surface area (Å²) < 4.78 is 0. The predicted molar refractivity (Wildman–Crippen MR) is 60.1 cm³/mol. The van der Waals surface area contributed by atoms with Crippen LogP contribution in [0, 0.1) is 0 Å². The van der Waals surface area contributed by atoms with E-state index in [0.29, 0.717) is 10.5 Å². The van der Waals surface area contributed by atoms with Crippen LogP contribution in [-0.4, -0.2) is 23.6 Å². The van der Waals surface area contributed by atoms with E-state index in [1.807, 2.05) is 6.92 Å². The number of fused-ring (bicyclic) bond motifs is 2. The first-order valence-corrected chi connectivity index (χ1v) is 5.65. The van der Waals surface area contributed by atoms with Gasteiger partial charge < -0.3 is 5.32 Å². The molecule has 2 bridgehead atoms. The van der Waals surface area contributed by atoms with Crippen molar-refractivity contribution < 1.29 is 0 Å². The third-order valence-corrected chi connectivity index (χ3v) is 4.09. The third-order valence-electron chi connectivity index (χ3n) is 2.56. The van der Waals surface area contributed by atoms with Crippen LogP contribution in [-0.2, 0) is 0 Å². The summed E-state index contributed by atoms with van der Waals surface area (Å²) in [6, 6.07) is 0. The molecule has 1 nitrogen and oxygen atoms in total. The maximum Gasteiger partial charge on any atom is 0.0431 e. The molecule has 0 radical (unpaired) electrons. The average molecular weight is 193 g/mol. The number of hydrogen-bond acceptors (Lipinski definition) is 2. The lowest BCUT2D eigenvalue weighted by atomic mass is 10.0. The van der Waals surface area contributed by atoms with Crippen molar-refractivity contribution in [2.75, 3.05) is 13.1 Å². The lowest BCUT2D eigenvalue weighted by Gasteiger charge is -2.18. The Kier molecular flexibility index (Phi) is 2.61. The lowest BCUT2D eigenvalue weighted by Crippen LogP contribution is -2.32. The van der Waals surface area contributed by atoms with Gasteiger partial charge in [0, 0.05) is 23.6 Å². The second-order valence-electron chi connectivity index (χ2n) is 3.44. The molecule has 2 fully saturated rings. The molecular formula is C11H15NS. The molecule has 2 atom stereocenters. The van der Waals surface area contributed by atoms with Crippen LogP contribution < -0.4 is 5.32 Å². The molecule has 70 valence electrons. The van der Waals surface area contributed by atoms with E-state index in [1.54, 1.807) is 0 Å². The molecule has 2 aliphatic rings. The minimum Gasteiger partial charge on any atom is -0.314 e. The molecule has 2 heteroatoms. The fourth-order valence-corrected chi connectivity index (χ4v) is 3.34. The van der Waals surface area contributed by atoms with Crippen molar-refractivity contribution in [1.82, 2.24) is 5.32 Å². The van der Waals surface area contributed by atoms with E-state index in [4.69, 9.17) is 0 Å². The van der Waals surface area contributed by atoms with E-state index in [9.17, 15) is 0 Å². The van der Waals surface area contributed by atoms with E-state index < -0.39 is 0 Å². The van der Waals surface area contributed by atoms with Crippen molar-refractivity contribution >= 4 is 11.8 Å². The molecule has 2 unspecified atom stereocenters. The highest BCUT2D eigenvalue weighted by molar-refractivity contribution is 8.01. The number of allylic oxidation sites excluding steroid dienone is 3. The molecule has 0 aliphatic carbocycles. The summed E-state index contributed by atoms with van der Waals surface area (Å²) in [7, 11) is 0. The number of thioether (sulfide) groups is 1. The maximum absolute atomic E-state index is 4.17. The SMILES string of the molecule is C=C1/C(=C\C=C/C)C2CNCC1S2. The Balaban J connectivity index is 2.24. The highest BCUT2D eigenvalue weighted by Crippen LogP contribution is 2.42. The van der Waals surface area contributed by atoms with Gasteiger partial charge in [0.25, 0.3) is 0 Å². The first kappa shape index (κ1) is 9.10. The van der Waals surface area contributed by atoms with Crippen LogP contribution in [0.4, 0.5) is 0 Å². The second-order valence-corrected chi connectivity index (χ2v) is 4.85. The Morgan fingerprint density at radius 2 is 2.23 bits per heavy atom. The summed E-state index contributed by atoms with van der Waals surface area (Å²) >= 11 is 2.05. The Bertz CT molecular complexity index is 278. The van der Waals surface area contributed by atoms with Crippen LogP contribution in [0.2, 0.25) is 0 Å². The van der Waals surface area contributed by atoms with Gasteiger partial charge in [0.2, 0.25) is 0 Å². The molecule has 0 aromatic heterocycles. The molecule has 0 aromatic rings. The van der Waals surface area contributed by atoms with E-state index in [1.165, 1.54) is 11.1 Å². The van der Waals surface area contributed by atoms with Crippen LogP contribution in [0.1, 0.15) is 6.92 Å². The van der Waals surface area contributed by atoms with Crippen LogP contribution in [0.15, 0.2) is 36.0 Å². The quantitative estimate of drug-likeness (QED) is 0.684. The van der Waals surface area contributed by atoms with Crippen molar-refractivity contribution in [3.63, 3.8) is 0 Å². The topological polar surface area (TPSA) is 12.0 Å². The zero-order valence-corrected chi connectivity index (χ0v) is 8.73. The van der Waals surface area contributed by atoms with Gasteiger partial charge in [-0.05, 0) is 18.1 Å². The highest BCUT2D eigenvalue weighted by atomic mass is 32.2. The summed E-state index contributed by atoms with van der Waals surface area (Å²) in [5.41, 5.74) is 2.77. The monoisotopic (exact) mass is 193 g/mol. The maximum atomic E-state index is 4.17. The van der Waals surface area contributed by atoms with Gasteiger partial charge in [-0.15, -0.1) is 11.8 Å². The van der Waals surface area contributed by atoms with Crippen molar-refractivity contribution in [3.8, 4) is 0 Å². The largest absolute Gasteiger partial charge is 0.314 e. The molecule has 2 heterocycles. The van der Waals surface area contributed by atoms with Gasteiger partial charge in [-0.3, -0.25) is 0 Å². The van der Waals surface area contributed by atoms with Crippen LogP contribution in [0.3, 0.4) is 0 Å². The minimum atomic E-state index is 0.621. The Morgan fingerprint density at radius 3 is 2.92 bits per heavy atom. The predicted octanol–water partition coefficient (Wildman–Crippen LogP) is 2.13. The van der Waals surface area contributed by atoms with Gasteiger partial charge >= 0.3 is 0 Å². The molecule has 2 saturated heterocycles. The zero-order valence-electron chi connectivity index (χ0n) is 7.92. The number of nitrogens with one attached hydrogen (secondary N) is 1. The Morgan fingerprint density at radius 1 is 1.46 bits per heavy atom. The average Bonchev–Trinajstić information content (AvgIpc) is 2.37. The van der Waals surface area contributed by atoms with Crippen molar-refractivity contribution in [1.29, 1.82) is 0 Å². The molecule has 0 saturated carbocycles. The smallest absolute Gasteiger partial charge is 0.0431 e. The fraction of sp³-hybridized carbons (Fsp3) is 0.455. The van der Waals surface area contributed by atoms with Crippen LogP contribution >= 0.6 is 11.8 Å². The third kappa shape index (κ3) is 1.61. The van der Waals surface area contributed by atoms with Gasteiger partial charge in [-0.25, -0.2) is 0 Å². The molecule has 2 aliphatic heterocycles. The summed E-state index contributed by atoms with van der Waals surface area (Å²) in [4.78, 5) is 0. The van der Waals surface area contributed by atoms with Crippen molar-refractivity contribution in [3.05, 3.63) is 36.0 Å². The summed E-state index contributed by atoms with van der Waals surface area (Å²) in [6.45, 7) is 8.41. The zero-order chi connectivity index (χ0) is 9.26. The number of rotatable bonds is 1. The lowest BCUT2D eigenvalue weighted by molar-refractivity contribution is 0.706. The van der Waals surface area contributed by atoms with E-state index >= 15 is 0 Å². The minimum absolute atomic E-state index is 0.621. The molecule has 1 N–H and O–H groups in total. The van der Waals surface area contributed by atoms with Gasteiger partial charge in [0.15, 0.2) is 0 Å². The normalized spacial score (nSPS) is 36.4. The second kappa shape index (κ2) is 3.72. The molecule has 0 aromatic carbocycles. The van der Waals surface area contributed by atoms with E-state index in [-0.39, 0.29) is 0 Å². The molecule has 0 spiro atoms. The highest BCUT2D eigenvalue weighted by Gasteiger charge is 2.35. The van der Waals surface area contributed by atoms with Gasteiger partial charge in [-0.1, -0.05) is 24.8 Å². The van der Waals surface area contributed by atoms with Crippen LogP contribution in [0.25, 0.3) is 0 Å². The Hall–Kier alpha value is -0.470. The van der Waals surface area contributed by atoms with Crippen molar-refractivity contribution in [2.45, 2.75) is 17.4 Å². The number of hydrogen-bond donors (Lipinski definition) is 1. The van der Waals surface area contributed by atoms with Gasteiger partial charge in [-0.2, -0.15) is 0 Å². The first-order chi connectivity index (χ1) is 6.33. The molecule has 2 rings (SSSR count). The van der Waals surface area contributed by atoms with Gasteiger partial charge in [0.1, 0.15) is 0 Å². The van der Waals surface area contributed by atoms with E-state index in [0.717, 1.165) is 13.1 Å². The fourth-order valence-electron chi connectivity index (χ4n) is 1.84. The van der Waals surface area contributed by atoms with Crippen LogP contribution in [0.5, 0.6) is 0 Å². The summed E-state index contributed by atoms with van der Waals surface area (Å²) in [5, 5.41) is 4.70.